The first-order chi connectivity index (χ1) is 9.27. The fourth-order valence-electron chi connectivity index (χ4n) is 2.03. The lowest BCUT2D eigenvalue weighted by Gasteiger charge is -2.02. The predicted molar refractivity (Wildman–Crippen MR) is 77.8 cm³/mol. The maximum absolute atomic E-state index is 11.7. The molecule has 0 unspecified atom stereocenters. The molecule has 0 saturated heterocycles. The van der Waals surface area contributed by atoms with Crippen LogP contribution in [0.5, 0.6) is 0 Å². The van der Waals surface area contributed by atoms with Gasteiger partial charge in [0.1, 0.15) is 0 Å². The summed E-state index contributed by atoms with van der Waals surface area (Å²) in [5.74, 6) is 0. The SMILES string of the molecule is CC.Cc1cn(-c2ccccc2)c2nc[nH]c(=O)c12. The van der Waals surface area contributed by atoms with Crippen LogP contribution in [-0.2, 0) is 0 Å². The van der Waals surface area contributed by atoms with Gasteiger partial charge in [0.25, 0.3) is 5.56 Å². The lowest BCUT2D eigenvalue weighted by atomic mass is 10.3. The fourth-order valence-corrected chi connectivity index (χ4v) is 2.03. The second-order valence-electron chi connectivity index (χ2n) is 3.95. The van der Waals surface area contributed by atoms with Crippen LogP contribution in [0, 0.1) is 6.92 Å². The van der Waals surface area contributed by atoms with Gasteiger partial charge >= 0.3 is 0 Å². The highest BCUT2D eigenvalue weighted by Gasteiger charge is 2.10. The highest BCUT2D eigenvalue weighted by molar-refractivity contribution is 5.80. The summed E-state index contributed by atoms with van der Waals surface area (Å²) in [5.41, 5.74) is 2.53. The van der Waals surface area contributed by atoms with Gasteiger partial charge in [0.05, 0.1) is 11.7 Å². The molecule has 4 nitrogen and oxygen atoms in total. The van der Waals surface area contributed by atoms with Crippen molar-refractivity contribution < 1.29 is 0 Å². The zero-order chi connectivity index (χ0) is 13.8. The summed E-state index contributed by atoms with van der Waals surface area (Å²) in [7, 11) is 0. The summed E-state index contributed by atoms with van der Waals surface area (Å²) in [5, 5.41) is 0.649. The van der Waals surface area contributed by atoms with E-state index < -0.39 is 0 Å². The largest absolute Gasteiger partial charge is 0.312 e. The van der Waals surface area contributed by atoms with Gasteiger partial charge in [-0.05, 0) is 24.6 Å². The average Bonchev–Trinajstić information content (AvgIpc) is 2.81. The summed E-state index contributed by atoms with van der Waals surface area (Å²) < 4.78 is 1.93. The fraction of sp³-hybridized carbons (Fsp3) is 0.200. The van der Waals surface area contributed by atoms with E-state index >= 15 is 0 Å². The normalized spacial score (nSPS) is 10.1. The van der Waals surface area contributed by atoms with Crippen LogP contribution in [0.15, 0.2) is 47.7 Å². The molecule has 0 radical (unpaired) electrons. The number of hydrogen-bond acceptors (Lipinski definition) is 2. The van der Waals surface area contributed by atoms with Crippen molar-refractivity contribution in [3.63, 3.8) is 0 Å². The van der Waals surface area contributed by atoms with Crippen molar-refractivity contribution in [2.75, 3.05) is 0 Å². The molecule has 0 spiro atoms. The Balaban J connectivity index is 0.000000637. The number of nitrogens with zero attached hydrogens (tertiary/aromatic N) is 2. The van der Waals surface area contributed by atoms with Gasteiger partial charge in [-0.25, -0.2) is 4.98 Å². The first-order valence-corrected chi connectivity index (χ1v) is 6.38. The molecule has 1 N–H and O–H groups in total. The highest BCUT2D eigenvalue weighted by Crippen LogP contribution is 2.19. The van der Waals surface area contributed by atoms with Crippen molar-refractivity contribution in [3.05, 3.63) is 58.8 Å². The number of H-pyrrole nitrogens is 1. The van der Waals surface area contributed by atoms with Crippen LogP contribution in [-0.4, -0.2) is 14.5 Å². The van der Waals surface area contributed by atoms with Gasteiger partial charge < -0.3 is 9.55 Å². The van der Waals surface area contributed by atoms with Crippen molar-refractivity contribution in [3.8, 4) is 5.69 Å². The summed E-state index contributed by atoms with van der Waals surface area (Å²) in [6, 6.07) is 9.86. The Kier molecular flexibility index (Phi) is 3.80. The molecule has 0 saturated carbocycles. The maximum atomic E-state index is 11.7. The average molecular weight is 255 g/mol. The van der Waals surface area contributed by atoms with Gasteiger partial charge in [0, 0.05) is 11.9 Å². The molecule has 19 heavy (non-hydrogen) atoms. The lowest BCUT2D eigenvalue weighted by Crippen LogP contribution is -2.06. The number of rotatable bonds is 1. The topological polar surface area (TPSA) is 50.7 Å². The van der Waals surface area contributed by atoms with E-state index in [9.17, 15) is 4.79 Å². The van der Waals surface area contributed by atoms with Crippen LogP contribution >= 0.6 is 0 Å². The van der Waals surface area contributed by atoms with E-state index in [1.165, 1.54) is 6.33 Å². The standard InChI is InChI=1S/C13H11N3O.C2H6/c1-9-7-16(10-5-3-2-4-6-10)12-11(9)13(17)15-8-14-12;1-2/h2-8H,1H3,(H,14,15,17);1-2H3. The van der Waals surface area contributed by atoms with Gasteiger partial charge in [-0.2, -0.15) is 0 Å². The molecule has 0 aliphatic heterocycles. The van der Waals surface area contributed by atoms with E-state index in [-0.39, 0.29) is 5.56 Å². The molecule has 0 amide bonds. The zero-order valence-corrected chi connectivity index (χ0v) is 11.3. The smallest absolute Gasteiger partial charge is 0.260 e. The van der Waals surface area contributed by atoms with Crippen molar-refractivity contribution in [2.24, 2.45) is 0 Å². The predicted octanol–water partition coefficient (Wildman–Crippen LogP) is 3.05. The Bertz CT molecular complexity index is 726. The number of hydrogen-bond donors (Lipinski definition) is 1. The van der Waals surface area contributed by atoms with Gasteiger partial charge in [-0.3, -0.25) is 4.79 Å². The number of aryl methyl sites for hydroxylation is 1. The van der Waals surface area contributed by atoms with E-state index in [0.29, 0.717) is 11.0 Å². The molecule has 2 aromatic heterocycles. The molecule has 3 aromatic rings. The molecule has 0 fully saturated rings. The summed E-state index contributed by atoms with van der Waals surface area (Å²) in [4.78, 5) is 18.6. The van der Waals surface area contributed by atoms with E-state index in [1.807, 2.05) is 61.9 Å². The molecule has 98 valence electrons. The quantitative estimate of drug-likeness (QED) is 0.726. The Labute approximate surface area is 111 Å². The molecule has 0 bridgehead atoms. The third kappa shape index (κ3) is 2.29. The number of nitrogens with one attached hydrogen (secondary N) is 1. The Hall–Kier alpha value is -2.36. The lowest BCUT2D eigenvalue weighted by molar-refractivity contribution is 1.06. The van der Waals surface area contributed by atoms with Crippen molar-refractivity contribution in [2.45, 2.75) is 20.8 Å². The third-order valence-corrected chi connectivity index (χ3v) is 2.81. The minimum absolute atomic E-state index is 0.0952. The van der Waals surface area contributed by atoms with Crippen LogP contribution in [0.3, 0.4) is 0 Å². The number of fused-ring (bicyclic) bond motifs is 1. The Morgan fingerprint density at radius 2 is 1.84 bits per heavy atom. The zero-order valence-electron chi connectivity index (χ0n) is 11.3. The van der Waals surface area contributed by atoms with Crippen LogP contribution in [0.2, 0.25) is 0 Å². The summed E-state index contributed by atoms with van der Waals surface area (Å²) in [6.45, 7) is 5.92. The minimum atomic E-state index is -0.0952. The monoisotopic (exact) mass is 255 g/mol. The molecule has 0 aliphatic rings. The van der Waals surface area contributed by atoms with E-state index in [0.717, 1.165) is 11.3 Å². The van der Waals surface area contributed by atoms with E-state index in [2.05, 4.69) is 9.97 Å². The van der Waals surface area contributed by atoms with Crippen LogP contribution in [0.4, 0.5) is 0 Å². The third-order valence-electron chi connectivity index (χ3n) is 2.81. The number of para-hydroxylation sites is 1. The first kappa shape index (κ1) is 13.1. The van der Waals surface area contributed by atoms with Crippen molar-refractivity contribution >= 4 is 11.0 Å². The van der Waals surface area contributed by atoms with E-state index in [4.69, 9.17) is 0 Å². The Morgan fingerprint density at radius 3 is 2.53 bits per heavy atom. The van der Waals surface area contributed by atoms with Gasteiger partial charge in [0.15, 0.2) is 5.65 Å². The number of aromatic nitrogens is 3. The second-order valence-corrected chi connectivity index (χ2v) is 3.95. The van der Waals surface area contributed by atoms with Crippen molar-refractivity contribution in [1.82, 2.24) is 14.5 Å². The van der Waals surface area contributed by atoms with Crippen LogP contribution < -0.4 is 5.56 Å². The summed E-state index contributed by atoms with van der Waals surface area (Å²) >= 11 is 0. The second kappa shape index (κ2) is 5.52. The van der Waals surface area contributed by atoms with Crippen molar-refractivity contribution in [1.29, 1.82) is 0 Å². The molecule has 1 aromatic carbocycles. The van der Waals surface area contributed by atoms with Crippen LogP contribution in [0.25, 0.3) is 16.7 Å². The Morgan fingerprint density at radius 1 is 1.16 bits per heavy atom. The summed E-state index contributed by atoms with van der Waals surface area (Å²) in [6.07, 6.45) is 3.37. The van der Waals surface area contributed by atoms with E-state index in [1.54, 1.807) is 0 Å². The number of benzene rings is 1. The highest BCUT2D eigenvalue weighted by atomic mass is 16.1. The maximum Gasteiger partial charge on any atom is 0.260 e. The number of aromatic amines is 1. The molecular formula is C15H17N3O. The first-order valence-electron chi connectivity index (χ1n) is 6.38. The van der Waals surface area contributed by atoms with Gasteiger partial charge in [-0.1, -0.05) is 32.0 Å². The minimum Gasteiger partial charge on any atom is -0.312 e. The molecule has 0 aliphatic carbocycles. The molecular weight excluding hydrogens is 238 g/mol. The van der Waals surface area contributed by atoms with Gasteiger partial charge in [-0.15, -0.1) is 0 Å². The molecule has 2 heterocycles. The molecule has 4 heteroatoms. The van der Waals surface area contributed by atoms with Crippen LogP contribution in [0.1, 0.15) is 19.4 Å². The van der Waals surface area contributed by atoms with Gasteiger partial charge in [0.2, 0.25) is 0 Å². The molecule has 0 atom stereocenters. The molecule has 3 rings (SSSR count).